The van der Waals surface area contributed by atoms with Crippen LogP contribution in [0.5, 0.6) is 11.5 Å². The molecule has 0 saturated carbocycles. The summed E-state index contributed by atoms with van der Waals surface area (Å²) in [7, 11) is 3.09. The Bertz CT molecular complexity index is 429. The highest BCUT2D eigenvalue weighted by molar-refractivity contribution is 5.99. The molecule has 1 rings (SSSR count). The second-order valence-corrected chi connectivity index (χ2v) is 4.47. The van der Waals surface area contributed by atoms with Crippen LogP contribution in [0.2, 0.25) is 0 Å². The van der Waals surface area contributed by atoms with Gasteiger partial charge in [-0.3, -0.25) is 4.79 Å². The number of phenols is 2. The van der Waals surface area contributed by atoms with Crippen molar-refractivity contribution in [2.45, 2.75) is 13.0 Å². The fraction of sp³-hybridized carbons (Fsp3) is 0.500. The maximum Gasteiger partial charge on any atom is 0.261 e. The number of amides is 1. The van der Waals surface area contributed by atoms with Crippen molar-refractivity contribution in [2.24, 2.45) is 0 Å². The van der Waals surface area contributed by atoms with E-state index in [-0.39, 0.29) is 23.1 Å². The Hall–Kier alpha value is -1.79. The molecule has 0 radical (unpaired) electrons. The maximum atomic E-state index is 12.5. The molecule has 1 aromatic rings. The highest BCUT2D eigenvalue weighted by Crippen LogP contribution is 2.28. The molecule has 6 nitrogen and oxygen atoms in total. The van der Waals surface area contributed by atoms with E-state index in [4.69, 9.17) is 9.47 Å². The van der Waals surface area contributed by atoms with Crippen molar-refractivity contribution in [1.29, 1.82) is 0 Å². The lowest BCUT2D eigenvalue weighted by atomic mass is 10.1. The number of benzene rings is 1. The zero-order chi connectivity index (χ0) is 15.1. The van der Waals surface area contributed by atoms with Crippen molar-refractivity contribution >= 4 is 5.91 Å². The number of carbonyl (C=O) groups is 1. The molecule has 20 heavy (non-hydrogen) atoms. The number of ether oxygens (including phenoxy) is 2. The fourth-order valence-corrected chi connectivity index (χ4v) is 1.93. The third-order valence-electron chi connectivity index (χ3n) is 2.97. The summed E-state index contributed by atoms with van der Waals surface area (Å²) in [6.45, 7) is 2.87. The second-order valence-electron chi connectivity index (χ2n) is 4.47. The van der Waals surface area contributed by atoms with Crippen LogP contribution in [0.15, 0.2) is 18.2 Å². The second kappa shape index (κ2) is 7.72. The summed E-state index contributed by atoms with van der Waals surface area (Å²) in [5.74, 6) is -0.953. The largest absolute Gasteiger partial charge is 0.507 e. The monoisotopic (exact) mass is 283 g/mol. The van der Waals surface area contributed by atoms with Gasteiger partial charge in [0.05, 0.1) is 19.3 Å². The van der Waals surface area contributed by atoms with Crippen LogP contribution in [0.4, 0.5) is 0 Å². The Labute approximate surface area is 118 Å². The van der Waals surface area contributed by atoms with Gasteiger partial charge < -0.3 is 24.6 Å². The number of hydrogen-bond acceptors (Lipinski definition) is 5. The van der Waals surface area contributed by atoms with E-state index in [1.807, 2.05) is 6.92 Å². The van der Waals surface area contributed by atoms with Crippen molar-refractivity contribution in [3.05, 3.63) is 23.8 Å². The lowest BCUT2D eigenvalue weighted by molar-refractivity contribution is 0.0474. The van der Waals surface area contributed by atoms with Crippen molar-refractivity contribution in [1.82, 2.24) is 4.90 Å². The third kappa shape index (κ3) is 3.85. The van der Waals surface area contributed by atoms with E-state index in [1.54, 1.807) is 14.2 Å². The molecule has 0 fully saturated rings. The van der Waals surface area contributed by atoms with Crippen LogP contribution in [-0.4, -0.2) is 61.0 Å². The predicted octanol–water partition coefficient (Wildman–Crippen LogP) is 1.22. The SMILES string of the molecule is COCCN(C(=O)c1c(O)cccc1O)C(C)COC. The topological polar surface area (TPSA) is 79.2 Å². The van der Waals surface area contributed by atoms with E-state index in [2.05, 4.69) is 0 Å². The lowest BCUT2D eigenvalue weighted by Crippen LogP contribution is -2.43. The number of aromatic hydroxyl groups is 2. The summed E-state index contributed by atoms with van der Waals surface area (Å²) in [5.41, 5.74) is -0.105. The van der Waals surface area contributed by atoms with Gasteiger partial charge in [0.15, 0.2) is 0 Å². The highest BCUT2D eigenvalue weighted by atomic mass is 16.5. The van der Waals surface area contributed by atoms with Crippen molar-refractivity contribution in [2.75, 3.05) is 34.0 Å². The molecule has 0 aromatic heterocycles. The number of phenolic OH excluding ortho intramolecular Hbond substituents is 2. The first-order valence-electron chi connectivity index (χ1n) is 6.32. The summed E-state index contributed by atoms with van der Waals surface area (Å²) >= 11 is 0. The fourth-order valence-electron chi connectivity index (χ4n) is 1.93. The van der Waals surface area contributed by atoms with Gasteiger partial charge in [-0.15, -0.1) is 0 Å². The Kier molecular flexibility index (Phi) is 6.27. The Morgan fingerprint density at radius 1 is 1.25 bits per heavy atom. The van der Waals surface area contributed by atoms with Crippen molar-refractivity contribution < 1.29 is 24.5 Å². The van der Waals surface area contributed by atoms with E-state index in [0.29, 0.717) is 19.8 Å². The van der Waals surface area contributed by atoms with Crippen molar-refractivity contribution in [3.63, 3.8) is 0 Å². The van der Waals surface area contributed by atoms with Gasteiger partial charge in [0.25, 0.3) is 5.91 Å². The first kappa shape index (κ1) is 16.3. The van der Waals surface area contributed by atoms with Gasteiger partial charge in [-0.2, -0.15) is 0 Å². The average molecular weight is 283 g/mol. The highest BCUT2D eigenvalue weighted by Gasteiger charge is 2.26. The first-order valence-corrected chi connectivity index (χ1v) is 6.32. The normalized spacial score (nSPS) is 12.2. The molecular weight excluding hydrogens is 262 g/mol. The summed E-state index contributed by atoms with van der Waals surface area (Å²) in [5, 5.41) is 19.6. The van der Waals surface area contributed by atoms with E-state index in [1.165, 1.54) is 23.1 Å². The maximum absolute atomic E-state index is 12.5. The van der Waals surface area contributed by atoms with Crippen LogP contribution >= 0.6 is 0 Å². The van der Waals surface area contributed by atoms with Crippen LogP contribution in [-0.2, 0) is 9.47 Å². The summed E-state index contributed by atoms with van der Waals surface area (Å²) in [4.78, 5) is 14.0. The first-order chi connectivity index (χ1) is 9.52. The predicted molar refractivity (Wildman–Crippen MR) is 74.0 cm³/mol. The molecule has 2 N–H and O–H groups in total. The van der Waals surface area contributed by atoms with Gasteiger partial charge in [0.1, 0.15) is 17.1 Å². The zero-order valence-corrected chi connectivity index (χ0v) is 12.0. The quantitative estimate of drug-likeness (QED) is 0.786. The summed E-state index contributed by atoms with van der Waals surface area (Å²) in [6, 6.07) is 3.99. The molecule has 0 saturated heterocycles. The Morgan fingerprint density at radius 2 is 1.85 bits per heavy atom. The minimum absolute atomic E-state index is 0.105. The minimum atomic E-state index is -0.456. The van der Waals surface area contributed by atoms with E-state index in [9.17, 15) is 15.0 Å². The summed E-state index contributed by atoms with van der Waals surface area (Å²) < 4.78 is 10.0. The van der Waals surface area contributed by atoms with Crippen LogP contribution < -0.4 is 0 Å². The van der Waals surface area contributed by atoms with Crippen molar-refractivity contribution in [3.8, 4) is 11.5 Å². The smallest absolute Gasteiger partial charge is 0.261 e. The van der Waals surface area contributed by atoms with Crippen LogP contribution in [0.3, 0.4) is 0 Å². The molecular formula is C14H21NO5. The summed E-state index contributed by atoms with van der Waals surface area (Å²) in [6.07, 6.45) is 0. The number of hydrogen-bond donors (Lipinski definition) is 2. The van der Waals surface area contributed by atoms with Gasteiger partial charge in [-0.1, -0.05) is 6.07 Å². The number of nitrogens with zero attached hydrogens (tertiary/aromatic N) is 1. The molecule has 1 unspecified atom stereocenters. The number of methoxy groups -OCH3 is 2. The molecule has 0 spiro atoms. The van der Waals surface area contributed by atoms with Gasteiger partial charge >= 0.3 is 0 Å². The number of carbonyl (C=O) groups excluding carboxylic acids is 1. The molecule has 0 bridgehead atoms. The average Bonchev–Trinajstić information content (AvgIpc) is 2.39. The van der Waals surface area contributed by atoms with Crippen LogP contribution in [0, 0.1) is 0 Å². The molecule has 0 aliphatic carbocycles. The van der Waals surface area contributed by atoms with Gasteiger partial charge in [0.2, 0.25) is 0 Å². The number of rotatable bonds is 7. The molecule has 0 heterocycles. The molecule has 0 aliphatic rings. The van der Waals surface area contributed by atoms with E-state index < -0.39 is 5.91 Å². The lowest BCUT2D eigenvalue weighted by Gasteiger charge is -2.29. The molecule has 0 aliphatic heterocycles. The standard InChI is InChI=1S/C14H21NO5/c1-10(9-20-3)15(7-8-19-2)14(18)13-11(16)5-4-6-12(13)17/h4-6,10,16-17H,7-9H2,1-3H3. The van der Waals surface area contributed by atoms with Gasteiger partial charge in [0, 0.05) is 20.8 Å². The minimum Gasteiger partial charge on any atom is -0.507 e. The van der Waals surface area contributed by atoms with Crippen LogP contribution in [0.25, 0.3) is 0 Å². The molecule has 1 amide bonds. The Morgan fingerprint density at radius 3 is 2.35 bits per heavy atom. The van der Waals surface area contributed by atoms with Gasteiger partial charge in [-0.05, 0) is 19.1 Å². The van der Waals surface area contributed by atoms with E-state index >= 15 is 0 Å². The van der Waals surface area contributed by atoms with E-state index in [0.717, 1.165) is 0 Å². The third-order valence-corrected chi connectivity index (χ3v) is 2.97. The molecule has 112 valence electrons. The van der Waals surface area contributed by atoms with Crippen LogP contribution in [0.1, 0.15) is 17.3 Å². The Balaban J connectivity index is 3.03. The van der Waals surface area contributed by atoms with Gasteiger partial charge in [-0.25, -0.2) is 0 Å². The zero-order valence-electron chi connectivity index (χ0n) is 12.0. The molecule has 6 heteroatoms. The molecule has 1 aromatic carbocycles. The molecule has 1 atom stereocenters.